The van der Waals surface area contributed by atoms with Gasteiger partial charge < -0.3 is 5.11 Å². The standard InChI is InChI=1S/C11H8Br2N2O2/c1-5-7(12)4-6(11(17)10(5)13)8-2-3-9(16)15-14-8/h2-4,17H,1H3,(H,15,16). The normalized spacial score (nSPS) is 10.5. The summed E-state index contributed by atoms with van der Waals surface area (Å²) in [5.74, 6) is 0.102. The summed E-state index contributed by atoms with van der Waals surface area (Å²) in [6.45, 7) is 1.87. The number of aromatic amines is 1. The number of halogens is 2. The van der Waals surface area contributed by atoms with Crippen LogP contribution < -0.4 is 5.56 Å². The molecule has 1 heterocycles. The molecule has 4 nitrogen and oxygen atoms in total. The Labute approximate surface area is 114 Å². The number of nitrogens with one attached hydrogen (secondary N) is 1. The zero-order chi connectivity index (χ0) is 12.6. The molecule has 0 saturated carbocycles. The zero-order valence-electron chi connectivity index (χ0n) is 8.79. The van der Waals surface area contributed by atoms with Gasteiger partial charge in [0.1, 0.15) is 5.75 Å². The molecular weight excluding hydrogens is 352 g/mol. The van der Waals surface area contributed by atoms with Crippen molar-refractivity contribution in [3.63, 3.8) is 0 Å². The molecule has 0 unspecified atom stereocenters. The first-order valence-corrected chi connectivity index (χ1v) is 6.33. The van der Waals surface area contributed by atoms with E-state index >= 15 is 0 Å². The molecule has 6 heteroatoms. The van der Waals surface area contributed by atoms with Crippen LogP contribution in [0.2, 0.25) is 0 Å². The number of aromatic nitrogens is 2. The molecule has 2 aromatic rings. The van der Waals surface area contributed by atoms with Crippen LogP contribution in [0, 0.1) is 6.92 Å². The second-order valence-corrected chi connectivity index (χ2v) is 5.15. The first kappa shape index (κ1) is 12.3. The van der Waals surface area contributed by atoms with Crippen LogP contribution in [0.5, 0.6) is 5.75 Å². The van der Waals surface area contributed by atoms with Gasteiger partial charge in [-0.25, -0.2) is 5.10 Å². The molecular formula is C11H8Br2N2O2. The molecule has 1 aromatic carbocycles. The van der Waals surface area contributed by atoms with Gasteiger partial charge in [0.25, 0.3) is 5.56 Å². The van der Waals surface area contributed by atoms with E-state index in [1.807, 2.05) is 6.92 Å². The molecule has 0 amide bonds. The van der Waals surface area contributed by atoms with Gasteiger partial charge in [-0.15, -0.1) is 0 Å². The summed E-state index contributed by atoms with van der Waals surface area (Å²) in [5, 5.41) is 16.2. The minimum Gasteiger partial charge on any atom is -0.506 e. The average molecular weight is 360 g/mol. The molecule has 0 aliphatic carbocycles. The quantitative estimate of drug-likeness (QED) is 0.822. The maximum Gasteiger partial charge on any atom is 0.264 e. The van der Waals surface area contributed by atoms with E-state index in [1.165, 1.54) is 6.07 Å². The van der Waals surface area contributed by atoms with E-state index in [0.717, 1.165) is 10.0 Å². The molecule has 0 aliphatic rings. The molecule has 0 fully saturated rings. The Hall–Kier alpha value is -1.14. The molecule has 0 saturated heterocycles. The lowest BCUT2D eigenvalue weighted by molar-refractivity contribution is 0.473. The molecule has 17 heavy (non-hydrogen) atoms. The van der Waals surface area contributed by atoms with Crippen molar-refractivity contribution in [3.05, 3.63) is 43.1 Å². The Kier molecular flexibility index (Phi) is 3.35. The minimum atomic E-state index is -0.279. The summed E-state index contributed by atoms with van der Waals surface area (Å²) >= 11 is 6.71. The second-order valence-electron chi connectivity index (χ2n) is 3.50. The van der Waals surface area contributed by atoms with Crippen LogP contribution in [0.15, 0.2) is 31.9 Å². The zero-order valence-corrected chi connectivity index (χ0v) is 12.0. The van der Waals surface area contributed by atoms with E-state index in [0.29, 0.717) is 15.7 Å². The lowest BCUT2D eigenvalue weighted by Gasteiger charge is -2.09. The van der Waals surface area contributed by atoms with E-state index in [4.69, 9.17) is 0 Å². The topological polar surface area (TPSA) is 66.0 Å². The number of H-pyrrole nitrogens is 1. The molecule has 2 N–H and O–H groups in total. The highest BCUT2D eigenvalue weighted by Crippen LogP contribution is 2.40. The summed E-state index contributed by atoms with van der Waals surface area (Å²) in [6.07, 6.45) is 0. The van der Waals surface area contributed by atoms with Gasteiger partial charge in [-0.2, -0.15) is 5.10 Å². The number of hydrogen-bond acceptors (Lipinski definition) is 3. The monoisotopic (exact) mass is 358 g/mol. The van der Waals surface area contributed by atoms with Crippen molar-refractivity contribution in [2.45, 2.75) is 6.92 Å². The molecule has 0 aliphatic heterocycles. The van der Waals surface area contributed by atoms with Gasteiger partial charge in [0.15, 0.2) is 0 Å². The first-order chi connectivity index (χ1) is 8.00. The van der Waals surface area contributed by atoms with E-state index in [-0.39, 0.29) is 11.3 Å². The van der Waals surface area contributed by atoms with Crippen molar-refractivity contribution >= 4 is 31.9 Å². The van der Waals surface area contributed by atoms with Crippen LogP contribution in [-0.4, -0.2) is 15.3 Å². The van der Waals surface area contributed by atoms with Crippen LogP contribution in [0.1, 0.15) is 5.56 Å². The second kappa shape index (κ2) is 4.62. The Bertz CT molecular complexity index is 618. The first-order valence-electron chi connectivity index (χ1n) is 4.74. The van der Waals surface area contributed by atoms with Gasteiger partial charge in [-0.1, -0.05) is 15.9 Å². The fourth-order valence-electron chi connectivity index (χ4n) is 1.39. The number of hydrogen-bond donors (Lipinski definition) is 2. The van der Waals surface area contributed by atoms with Gasteiger partial charge in [0.05, 0.1) is 10.2 Å². The SMILES string of the molecule is Cc1c(Br)cc(-c2ccc(=O)[nH]n2)c(O)c1Br. The highest BCUT2D eigenvalue weighted by molar-refractivity contribution is 9.11. The number of nitrogens with zero attached hydrogens (tertiary/aromatic N) is 1. The minimum absolute atomic E-state index is 0.102. The number of phenolic OH excluding ortho intramolecular Hbond substituents is 1. The number of rotatable bonds is 1. The van der Waals surface area contributed by atoms with E-state index in [1.54, 1.807) is 12.1 Å². The molecule has 2 rings (SSSR count). The van der Waals surface area contributed by atoms with Gasteiger partial charge in [-0.3, -0.25) is 4.79 Å². The van der Waals surface area contributed by atoms with Crippen LogP contribution >= 0.6 is 31.9 Å². The van der Waals surface area contributed by atoms with Gasteiger partial charge in [0, 0.05) is 16.1 Å². The van der Waals surface area contributed by atoms with Crippen molar-refractivity contribution in [2.75, 3.05) is 0 Å². The molecule has 0 bridgehead atoms. The van der Waals surface area contributed by atoms with Crippen LogP contribution in [0.3, 0.4) is 0 Å². The fraction of sp³-hybridized carbons (Fsp3) is 0.0909. The Morgan fingerprint density at radius 1 is 1.35 bits per heavy atom. The van der Waals surface area contributed by atoms with Gasteiger partial charge >= 0.3 is 0 Å². The Morgan fingerprint density at radius 3 is 2.65 bits per heavy atom. The Morgan fingerprint density at radius 2 is 2.06 bits per heavy atom. The molecule has 0 atom stereocenters. The third kappa shape index (κ3) is 2.28. The summed E-state index contributed by atoms with van der Waals surface area (Å²) < 4.78 is 1.46. The van der Waals surface area contributed by atoms with Crippen LogP contribution in [0.25, 0.3) is 11.3 Å². The highest BCUT2D eigenvalue weighted by atomic mass is 79.9. The van der Waals surface area contributed by atoms with Crippen LogP contribution in [-0.2, 0) is 0 Å². The number of benzene rings is 1. The molecule has 0 spiro atoms. The number of phenols is 1. The molecule has 88 valence electrons. The van der Waals surface area contributed by atoms with E-state index < -0.39 is 0 Å². The molecule has 0 radical (unpaired) electrons. The predicted octanol–water partition coefficient (Wildman–Crippen LogP) is 2.98. The largest absolute Gasteiger partial charge is 0.506 e. The lowest BCUT2D eigenvalue weighted by Crippen LogP contribution is -2.05. The van der Waals surface area contributed by atoms with Crippen molar-refractivity contribution in [1.82, 2.24) is 10.2 Å². The van der Waals surface area contributed by atoms with Crippen molar-refractivity contribution in [2.24, 2.45) is 0 Å². The highest BCUT2D eigenvalue weighted by Gasteiger charge is 2.14. The summed E-state index contributed by atoms with van der Waals surface area (Å²) in [4.78, 5) is 10.9. The van der Waals surface area contributed by atoms with Gasteiger partial charge in [-0.05, 0) is 40.5 Å². The van der Waals surface area contributed by atoms with E-state index in [9.17, 15) is 9.90 Å². The average Bonchev–Trinajstić information content (AvgIpc) is 2.32. The van der Waals surface area contributed by atoms with E-state index in [2.05, 4.69) is 42.1 Å². The van der Waals surface area contributed by atoms with Crippen molar-refractivity contribution < 1.29 is 5.11 Å². The van der Waals surface area contributed by atoms with Gasteiger partial charge in [0.2, 0.25) is 0 Å². The van der Waals surface area contributed by atoms with Crippen molar-refractivity contribution in [3.8, 4) is 17.0 Å². The summed E-state index contributed by atoms with van der Waals surface area (Å²) in [7, 11) is 0. The maximum absolute atomic E-state index is 10.9. The third-order valence-corrected chi connectivity index (χ3v) is 4.17. The number of aromatic hydroxyl groups is 1. The van der Waals surface area contributed by atoms with Crippen molar-refractivity contribution in [1.29, 1.82) is 0 Å². The Balaban J connectivity index is 2.68. The van der Waals surface area contributed by atoms with Crippen LogP contribution in [0.4, 0.5) is 0 Å². The molecule has 1 aromatic heterocycles. The fourth-order valence-corrected chi connectivity index (χ4v) is 2.51. The summed E-state index contributed by atoms with van der Waals surface area (Å²) in [5.41, 5.74) is 1.67. The third-order valence-electron chi connectivity index (χ3n) is 2.38. The smallest absolute Gasteiger partial charge is 0.264 e. The predicted molar refractivity (Wildman–Crippen MR) is 72.1 cm³/mol. The lowest BCUT2D eigenvalue weighted by atomic mass is 10.1. The summed E-state index contributed by atoms with van der Waals surface area (Å²) in [6, 6.07) is 4.68. The maximum atomic E-state index is 10.9.